The van der Waals surface area contributed by atoms with Gasteiger partial charge in [-0.1, -0.05) is 93.6 Å². The van der Waals surface area contributed by atoms with Crippen molar-refractivity contribution in [3.8, 4) is 0 Å². The van der Waals surface area contributed by atoms with Crippen molar-refractivity contribution < 1.29 is 19.1 Å². The van der Waals surface area contributed by atoms with Crippen molar-refractivity contribution >= 4 is 23.0 Å². The Morgan fingerprint density at radius 3 is 2.12 bits per heavy atom. The maximum absolute atomic E-state index is 13.3. The maximum Gasteiger partial charge on any atom is 0.408 e. The Morgan fingerprint density at radius 1 is 0.825 bits per heavy atom. The van der Waals surface area contributed by atoms with Gasteiger partial charge >= 0.3 is 12.1 Å². The zero-order valence-corrected chi connectivity index (χ0v) is 24.4. The fourth-order valence-corrected chi connectivity index (χ4v) is 4.62. The second-order valence-electron chi connectivity index (χ2n) is 12.2. The number of fused-ring (bicyclic) bond motifs is 1. The Labute approximate surface area is 237 Å². The molecule has 4 rings (SSSR count). The molecule has 1 atom stereocenters. The lowest BCUT2D eigenvalue weighted by molar-refractivity contribution is -0.147. The van der Waals surface area contributed by atoms with Gasteiger partial charge in [0.05, 0.1) is 0 Å². The lowest BCUT2D eigenvalue weighted by Crippen LogP contribution is -2.45. The van der Waals surface area contributed by atoms with E-state index in [0.717, 1.165) is 22.0 Å². The Bertz CT molecular complexity index is 1440. The Kier molecular flexibility index (Phi) is 8.67. The summed E-state index contributed by atoms with van der Waals surface area (Å²) in [6.45, 7) is 12.8. The van der Waals surface area contributed by atoms with E-state index in [1.54, 1.807) is 20.8 Å². The van der Waals surface area contributed by atoms with E-state index in [2.05, 4.69) is 67.2 Å². The van der Waals surface area contributed by atoms with Gasteiger partial charge in [0.1, 0.15) is 18.2 Å². The normalized spacial score (nSPS) is 12.7. The summed E-state index contributed by atoms with van der Waals surface area (Å²) in [5.74, 6) is -0.510. The van der Waals surface area contributed by atoms with Crippen LogP contribution in [-0.4, -0.2) is 28.3 Å². The summed E-state index contributed by atoms with van der Waals surface area (Å²) in [5, 5.41) is 3.79. The molecule has 210 valence electrons. The van der Waals surface area contributed by atoms with Crippen LogP contribution in [0.3, 0.4) is 0 Å². The molecule has 1 unspecified atom stereocenters. The highest BCUT2D eigenvalue weighted by atomic mass is 16.6. The number of hydrogen-bond acceptors (Lipinski definition) is 4. The van der Waals surface area contributed by atoms with E-state index < -0.39 is 23.7 Å². The molecule has 0 bridgehead atoms. The second-order valence-corrected chi connectivity index (χ2v) is 12.2. The van der Waals surface area contributed by atoms with E-state index in [1.165, 1.54) is 11.1 Å². The summed E-state index contributed by atoms with van der Waals surface area (Å²) in [6.07, 6.45) is 1.68. The van der Waals surface area contributed by atoms with Crippen molar-refractivity contribution in [1.29, 1.82) is 0 Å². The standard InChI is InChI=1S/C34H40N2O4/c1-33(2,3)27-18-16-24(17-19-27)21-36-22-26(28-14-10-11-15-30(28)36)20-29(35-32(38)40-34(4,5)6)31(37)39-23-25-12-8-7-9-13-25/h7-19,22,29H,20-21,23H2,1-6H3,(H,35,38). The lowest BCUT2D eigenvalue weighted by atomic mass is 9.87. The number of amides is 1. The summed E-state index contributed by atoms with van der Waals surface area (Å²) in [4.78, 5) is 26.0. The third kappa shape index (κ3) is 7.75. The van der Waals surface area contributed by atoms with Crippen molar-refractivity contribution in [3.63, 3.8) is 0 Å². The molecule has 1 heterocycles. The second kappa shape index (κ2) is 12.0. The lowest BCUT2D eigenvalue weighted by Gasteiger charge is -2.23. The van der Waals surface area contributed by atoms with E-state index in [9.17, 15) is 9.59 Å². The van der Waals surface area contributed by atoms with E-state index in [-0.39, 0.29) is 18.4 Å². The van der Waals surface area contributed by atoms with Gasteiger partial charge in [-0.15, -0.1) is 0 Å². The quantitative estimate of drug-likeness (QED) is 0.241. The summed E-state index contributed by atoms with van der Waals surface area (Å²) < 4.78 is 13.3. The van der Waals surface area contributed by atoms with Crippen molar-refractivity contribution in [2.45, 2.75) is 78.2 Å². The minimum Gasteiger partial charge on any atom is -0.459 e. The summed E-state index contributed by atoms with van der Waals surface area (Å²) >= 11 is 0. The van der Waals surface area contributed by atoms with Crippen molar-refractivity contribution in [2.75, 3.05) is 0 Å². The molecule has 0 aliphatic heterocycles. The monoisotopic (exact) mass is 540 g/mol. The van der Waals surface area contributed by atoms with Gasteiger partial charge in [0.15, 0.2) is 0 Å². The van der Waals surface area contributed by atoms with Crippen LogP contribution in [0.5, 0.6) is 0 Å². The van der Waals surface area contributed by atoms with Crippen molar-refractivity contribution in [2.24, 2.45) is 0 Å². The number of esters is 1. The highest BCUT2D eigenvalue weighted by Crippen LogP contribution is 2.26. The third-order valence-corrected chi connectivity index (χ3v) is 6.67. The van der Waals surface area contributed by atoms with Gasteiger partial charge in [-0.3, -0.25) is 0 Å². The molecule has 1 aromatic heterocycles. The van der Waals surface area contributed by atoms with Crippen molar-refractivity contribution in [1.82, 2.24) is 9.88 Å². The smallest absolute Gasteiger partial charge is 0.408 e. The number of nitrogens with one attached hydrogen (secondary N) is 1. The average molecular weight is 541 g/mol. The minimum absolute atomic E-state index is 0.0944. The van der Waals surface area contributed by atoms with E-state index in [1.807, 2.05) is 48.5 Å². The first-order valence-corrected chi connectivity index (χ1v) is 13.8. The number of aromatic nitrogens is 1. The molecule has 0 saturated carbocycles. The fourth-order valence-electron chi connectivity index (χ4n) is 4.62. The number of carbonyl (C=O) groups is 2. The van der Waals surface area contributed by atoms with Gasteiger partial charge in [0.2, 0.25) is 0 Å². The molecular weight excluding hydrogens is 500 g/mol. The molecule has 1 amide bonds. The van der Waals surface area contributed by atoms with Crippen LogP contribution in [0.15, 0.2) is 85.1 Å². The van der Waals surface area contributed by atoms with Gasteiger partial charge in [0, 0.05) is 30.1 Å². The first-order valence-electron chi connectivity index (χ1n) is 13.8. The first kappa shape index (κ1) is 28.9. The molecule has 6 heteroatoms. The minimum atomic E-state index is -0.913. The maximum atomic E-state index is 13.3. The Balaban J connectivity index is 1.59. The number of para-hydroxylation sites is 1. The van der Waals surface area contributed by atoms with Gasteiger partial charge in [-0.05, 0) is 54.5 Å². The fraction of sp³-hybridized carbons (Fsp3) is 0.353. The predicted octanol–water partition coefficient (Wildman–Crippen LogP) is 7.17. The Morgan fingerprint density at radius 2 is 1.48 bits per heavy atom. The molecular formula is C34H40N2O4. The van der Waals surface area contributed by atoms with Crippen molar-refractivity contribution in [3.05, 3.63) is 107 Å². The molecule has 6 nitrogen and oxygen atoms in total. The molecule has 0 aliphatic carbocycles. The van der Waals surface area contributed by atoms with Crippen LogP contribution in [0.1, 0.15) is 63.8 Å². The third-order valence-electron chi connectivity index (χ3n) is 6.67. The largest absolute Gasteiger partial charge is 0.459 e. The van der Waals surface area contributed by atoms with Crippen LogP contribution in [0.4, 0.5) is 4.79 Å². The van der Waals surface area contributed by atoms with Crippen LogP contribution in [0, 0.1) is 0 Å². The number of nitrogens with zero attached hydrogens (tertiary/aromatic N) is 1. The zero-order chi connectivity index (χ0) is 28.9. The summed E-state index contributed by atoms with van der Waals surface area (Å²) in [5.41, 5.74) is 4.76. The number of carbonyl (C=O) groups excluding carboxylic acids is 2. The highest BCUT2D eigenvalue weighted by molar-refractivity contribution is 5.86. The number of ether oxygens (including phenoxy) is 2. The van der Waals surface area contributed by atoms with E-state index in [4.69, 9.17) is 9.47 Å². The van der Waals surface area contributed by atoms with Crippen LogP contribution in [-0.2, 0) is 39.3 Å². The summed E-state index contributed by atoms with van der Waals surface area (Å²) in [7, 11) is 0. The number of hydrogen-bond donors (Lipinski definition) is 1. The van der Waals surface area contributed by atoms with E-state index in [0.29, 0.717) is 6.54 Å². The van der Waals surface area contributed by atoms with Gasteiger partial charge in [0.25, 0.3) is 0 Å². The van der Waals surface area contributed by atoms with Gasteiger partial charge < -0.3 is 19.4 Å². The van der Waals surface area contributed by atoms with Crippen LogP contribution in [0.2, 0.25) is 0 Å². The van der Waals surface area contributed by atoms with E-state index >= 15 is 0 Å². The molecule has 3 aromatic carbocycles. The Hall–Kier alpha value is -4.06. The topological polar surface area (TPSA) is 69.6 Å². The van der Waals surface area contributed by atoms with Crippen LogP contribution < -0.4 is 5.32 Å². The van der Waals surface area contributed by atoms with Crippen LogP contribution in [0.25, 0.3) is 10.9 Å². The number of alkyl carbamates (subject to hydrolysis) is 1. The zero-order valence-electron chi connectivity index (χ0n) is 24.4. The molecule has 1 N–H and O–H groups in total. The van der Waals surface area contributed by atoms with Crippen LogP contribution >= 0.6 is 0 Å². The SMILES string of the molecule is CC(C)(C)OC(=O)NC(Cc1cn(Cc2ccc(C(C)(C)C)cc2)c2ccccc12)C(=O)OCc1ccccc1. The molecule has 0 aliphatic rings. The molecule has 0 spiro atoms. The molecule has 0 fully saturated rings. The number of benzene rings is 3. The molecule has 4 aromatic rings. The van der Waals surface area contributed by atoms with Gasteiger partial charge in [-0.2, -0.15) is 0 Å². The van der Waals surface area contributed by atoms with Gasteiger partial charge in [-0.25, -0.2) is 9.59 Å². The molecule has 40 heavy (non-hydrogen) atoms. The predicted molar refractivity (Wildman–Crippen MR) is 159 cm³/mol. The number of rotatable bonds is 8. The average Bonchev–Trinajstić information content (AvgIpc) is 3.23. The molecule has 0 saturated heterocycles. The molecule has 0 radical (unpaired) electrons. The first-order chi connectivity index (χ1) is 18.9. The highest BCUT2D eigenvalue weighted by Gasteiger charge is 2.27. The summed E-state index contributed by atoms with van der Waals surface area (Å²) in [6, 6.07) is 25.4.